The van der Waals surface area contributed by atoms with E-state index in [0.29, 0.717) is 6.54 Å². The Morgan fingerprint density at radius 3 is 1.95 bits per heavy atom. The highest BCUT2D eigenvalue weighted by molar-refractivity contribution is 6.10. The minimum Gasteiger partial charge on any atom is -0.497 e. The van der Waals surface area contributed by atoms with Crippen molar-refractivity contribution in [3.8, 4) is 5.75 Å². The second kappa shape index (κ2) is 11.6. The SMILES string of the molecule is COc1ccc2cccc(N3CCN(CCN(C(=O)c4ccc(F)cc4)C(=O)c4ccc(F)cc4)CC3)c2c1. The second-order valence-corrected chi connectivity index (χ2v) is 9.47. The largest absolute Gasteiger partial charge is 0.497 e. The van der Waals surface area contributed by atoms with Crippen molar-refractivity contribution in [2.75, 3.05) is 51.3 Å². The number of amides is 2. The molecule has 4 aromatic rings. The molecule has 0 saturated carbocycles. The molecule has 0 atom stereocenters. The maximum atomic E-state index is 13.4. The average Bonchev–Trinajstić information content (AvgIpc) is 2.97. The van der Waals surface area contributed by atoms with Crippen molar-refractivity contribution in [3.63, 3.8) is 0 Å². The van der Waals surface area contributed by atoms with Crippen LogP contribution in [-0.2, 0) is 0 Å². The van der Waals surface area contributed by atoms with Crippen LogP contribution in [-0.4, -0.2) is 68.0 Å². The third kappa shape index (κ3) is 5.91. The summed E-state index contributed by atoms with van der Waals surface area (Å²) in [5, 5.41) is 2.27. The molecule has 2 amide bonds. The van der Waals surface area contributed by atoms with Crippen LogP contribution in [0.1, 0.15) is 20.7 Å². The van der Waals surface area contributed by atoms with Crippen molar-refractivity contribution in [2.45, 2.75) is 0 Å². The molecule has 0 aromatic heterocycles. The first-order valence-electron chi connectivity index (χ1n) is 12.8. The molecule has 1 fully saturated rings. The molecule has 1 aliphatic rings. The summed E-state index contributed by atoms with van der Waals surface area (Å²) in [6, 6.07) is 22.5. The van der Waals surface area contributed by atoms with Gasteiger partial charge < -0.3 is 9.64 Å². The third-order valence-corrected chi connectivity index (χ3v) is 7.09. The minimum absolute atomic E-state index is 0.151. The maximum absolute atomic E-state index is 13.4. The van der Waals surface area contributed by atoms with Gasteiger partial charge in [0.1, 0.15) is 17.4 Å². The predicted octanol–water partition coefficient (Wildman–Crippen LogP) is 5.23. The Bertz CT molecular complexity index is 1410. The molecule has 0 radical (unpaired) electrons. The monoisotopic (exact) mass is 529 g/mol. The molecule has 1 aliphatic heterocycles. The van der Waals surface area contributed by atoms with E-state index in [1.807, 2.05) is 6.07 Å². The minimum atomic E-state index is -0.521. The van der Waals surface area contributed by atoms with E-state index in [9.17, 15) is 18.4 Å². The summed E-state index contributed by atoms with van der Waals surface area (Å²) in [5.74, 6) is -1.17. The Labute approximate surface area is 226 Å². The normalized spacial score (nSPS) is 13.9. The van der Waals surface area contributed by atoms with Crippen molar-refractivity contribution in [3.05, 3.63) is 108 Å². The van der Waals surface area contributed by atoms with Gasteiger partial charge in [0.15, 0.2) is 0 Å². The summed E-state index contributed by atoms with van der Waals surface area (Å²) in [7, 11) is 1.66. The number of fused-ring (bicyclic) bond motifs is 1. The molecule has 4 aromatic carbocycles. The molecular weight excluding hydrogens is 500 g/mol. The molecule has 0 N–H and O–H groups in total. The first-order chi connectivity index (χ1) is 18.9. The molecule has 1 heterocycles. The van der Waals surface area contributed by atoms with E-state index in [4.69, 9.17) is 4.74 Å². The first-order valence-corrected chi connectivity index (χ1v) is 12.8. The van der Waals surface area contributed by atoms with Crippen molar-refractivity contribution in [1.29, 1.82) is 0 Å². The predicted molar refractivity (Wildman–Crippen MR) is 147 cm³/mol. The molecule has 1 saturated heterocycles. The van der Waals surface area contributed by atoms with Gasteiger partial charge in [0, 0.05) is 61.5 Å². The van der Waals surface area contributed by atoms with Gasteiger partial charge in [-0.1, -0.05) is 18.2 Å². The van der Waals surface area contributed by atoms with Gasteiger partial charge in [-0.25, -0.2) is 8.78 Å². The van der Waals surface area contributed by atoms with Crippen LogP contribution >= 0.6 is 0 Å². The lowest BCUT2D eigenvalue weighted by Crippen LogP contribution is -2.50. The number of nitrogens with zero attached hydrogens (tertiary/aromatic N) is 3. The van der Waals surface area contributed by atoms with Crippen molar-refractivity contribution < 1.29 is 23.1 Å². The number of carbonyl (C=O) groups excluding carboxylic acids is 2. The highest BCUT2D eigenvalue weighted by Gasteiger charge is 2.26. The Kier molecular flexibility index (Phi) is 7.84. The summed E-state index contributed by atoms with van der Waals surface area (Å²) >= 11 is 0. The zero-order valence-electron chi connectivity index (χ0n) is 21.6. The van der Waals surface area contributed by atoms with Crippen LogP contribution in [0.15, 0.2) is 84.9 Å². The first kappa shape index (κ1) is 26.3. The van der Waals surface area contributed by atoms with Crippen LogP contribution in [0.25, 0.3) is 10.8 Å². The third-order valence-electron chi connectivity index (χ3n) is 7.09. The van der Waals surface area contributed by atoms with Gasteiger partial charge >= 0.3 is 0 Å². The van der Waals surface area contributed by atoms with E-state index in [1.165, 1.54) is 48.5 Å². The van der Waals surface area contributed by atoms with Gasteiger partial charge in [-0.15, -0.1) is 0 Å². The quantitative estimate of drug-likeness (QED) is 0.307. The number of benzene rings is 4. The molecule has 0 unspecified atom stereocenters. The molecule has 8 heteroatoms. The Hall–Kier alpha value is -4.30. The Balaban J connectivity index is 1.28. The number of imide groups is 1. The van der Waals surface area contributed by atoms with Gasteiger partial charge in [-0.05, 0) is 72.1 Å². The molecule has 5 rings (SSSR count). The summed E-state index contributed by atoms with van der Waals surface area (Å²) in [4.78, 5) is 32.3. The molecular formula is C31H29F2N3O3. The highest BCUT2D eigenvalue weighted by atomic mass is 19.1. The maximum Gasteiger partial charge on any atom is 0.260 e. The number of ether oxygens (including phenoxy) is 1. The fraction of sp³-hybridized carbons (Fsp3) is 0.226. The number of carbonyl (C=O) groups is 2. The fourth-order valence-corrected chi connectivity index (χ4v) is 4.88. The summed E-state index contributed by atoms with van der Waals surface area (Å²) in [5.41, 5.74) is 1.57. The van der Waals surface area contributed by atoms with Gasteiger partial charge in [0.2, 0.25) is 0 Å². The number of rotatable bonds is 7. The van der Waals surface area contributed by atoms with Crippen molar-refractivity contribution in [1.82, 2.24) is 9.80 Å². The van der Waals surface area contributed by atoms with Gasteiger partial charge in [-0.2, -0.15) is 0 Å². The van der Waals surface area contributed by atoms with E-state index >= 15 is 0 Å². The van der Waals surface area contributed by atoms with Gasteiger partial charge in [-0.3, -0.25) is 19.4 Å². The summed E-state index contributed by atoms with van der Waals surface area (Å²) < 4.78 is 32.3. The number of anilines is 1. The van der Waals surface area contributed by atoms with E-state index in [0.717, 1.165) is 53.3 Å². The smallest absolute Gasteiger partial charge is 0.260 e. The van der Waals surface area contributed by atoms with E-state index in [1.54, 1.807) is 7.11 Å². The van der Waals surface area contributed by atoms with Gasteiger partial charge in [0.05, 0.1) is 7.11 Å². The standard InChI is InChI=1S/C31H29F2N3O3/c1-39-27-14-9-22-3-2-4-29(28(22)21-27)35-18-15-34(16-19-35)17-20-36(30(37)23-5-10-25(32)11-6-23)31(38)24-7-12-26(33)13-8-24/h2-14,21H,15-20H2,1H3. The van der Waals surface area contributed by atoms with Crippen molar-refractivity contribution >= 4 is 28.3 Å². The van der Waals surface area contributed by atoms with Crippen molar-refractivity contribution in [2.24, 2.45) is 0 Å². The van der Waals surface area contributed by atoms with Crippen LogP contribution < -0.4 is 9.64 Å². The zero-order valence-corrected chi connectivity index (χ0v) is 21.6. The fourth-order valence-electron chi connectivity index (χ4n) is 4.88. The number of hydrogen-bond donors (Lipinski definition) is 0. The molecule has 200 valence electrons. The van der Waals surface area contributed by atoms with E-state index in [2.05, 4.69) is 40.1 Å². The zero-order chi connectivity index (χ0) is 27.4. The van der Waals surface area contributed by atoms with Gasteiger partial charge in [0.25, 0.3) is 11.8 Å². The van der Waals surface area contributed by atoms with E-state index < -0.39 is 23.4 Å². The van der Waals surface area contributed by atoms with Crippen LogP contribution in [0.3, 0.4) is 0 Å². The number of halogens is 2. The lowest BCUT2D eigenvalue weighted by atomic mass is 10.1. The summed E-state index contributed by atoms with van der Waals surface area (Å²) in [6.07, 6.45) is 0. The average molecular weight is 530 g/mol. The number of hydrogen-bond acceptors (Lipinski definition) is 5. The number of piperazine rings is 1. The van der Waals surface area contributed by atoms with Crippen LogP contribution in [0.4, 0.5) is 14.5 Å². The Morgan fingerprint density at radius 1 is 0.795 bits per heavy atom. The lowest BCUT2D eigenvalue weighted by molar-refractivity contribution is 0.0596. The lowest BCUT2D eigenvalue weighted by Gasteiger charge is -2.37. The number of methoxy groups -OCH3 is 1. The molecule has 0 aliphatic carbocycles. The van der Waals surface area contributed by atoms with Crippen LogP contribution in [0, 0.1) is 11.6 Å². The Morgan fingerprint density at radius 2 is 1.38 bits per heavy atom. The molecule has 39 heavy (non-hydrogen) atoms. The molecule has 0 spiro atoms. The second-order valence-electron chi connectivity index (χ2n) is 9.47. The summed E-state index contributed by atoms with van der Waals surface area (Å²) in [6.45, 7) is 3.71. The van der Waals surface area contributed by atoms with E-state index in [-0.39, 0.29) is 17.7 Å². The molecule has 6 nitrogen and oxygen atoms in total. The highest BCUT2D eigenvalue weighted by Crippen LogP contribution is 2.30. The van der Waals surface area contributed by atoms with Crippen LogP contribution in [0.2, 0.25) is 0 Å². The molecule has 0 bridgehead atoms. The topological polar surface area (TPSA) is 53.1 Å². The van der Waals surface area contributed by atoms with Crippen LogP contribution in [0.5, 0.6) is 5.75 Å².